The minimum absolute atomic E-state index is 0.154. The van der Waals surface area contributed by atoms with Crippen molar-refractivity contribution >= 4 is 11.5 Å². The number of aryl methyl sites for hydroxylation is 1. The van der Waals surface area contributed by atoms with E-state index in [1.807, 2.05) is 13.0 Å². The molecule has 1 atom stereocenters. The molecule has 2 aromatic rings. The molecule has 0 bridgehead atoms. The van der Waals surface area contributed by atoms with Gasteiger partial charge in [-0.1, -0.05) is 23.5 Å². The molecule has 0 aliphatic rings. The number of rotatable bonds is 6. The van der Waals surface area contributed by atoms with Crippen molar-refractivity contribution in [3.63, 3.8) is 0 Å². The summed E-state index contributed by atoms with van der Waals surface area (Å²) in [5.41, 5.74) is 1.94. The molecule has 0 fully saturated rings. The number of benzene rings is 1. The first kappa shape index (κ1) is 14.1. The predicted molar refractivity (Wildman–Crippen MR) is 75.8 cm³/mol. The second-order valence-corrected chi connectivity index (χ2v) is 5.35. The fraction of sp³-hybridized carbons (Fsp3) is 0.429. The second-order valence-electron chi connectivity index (χ2n) is 4.56. The van der Waals surface area contributed by atoms with E-state index in [2.05, 4.69) is 21.8 Å². The van der Waals surface area contributed by atoms with E-state index in [0.29, 0.717) is 0 Å². The Morgan fingerprint density at radius 1 is 1.42 bits per heavy atom. The zero-order valence-electron chi connectivity index (χ0n) is 11.2. The van der Waals surface area contributed by atoms with Crippen LogP contribution in [0.4, 0.5) is 4.39 Å². The average molecular weight is 279 g/mol. The Kier molecular flexibility index (Phi) is 4.99. The molecule has 0 saturated heterocycles. The average Bonchev–Trinajstić information content (AvgIpc) is 2.81. The van der Waals surface area contributed by atoms with Crippen LogP contribution in [0.15, 0.2) is 24.3 Å². The van der Waals surface area contributed by atoms with Crippen LogP contribution >= 0.6 is 11.5 Å². The predicted octanol–water partition coefficient (Wildman–Crippen LogP) is 3.27. The fourth-order valence-electron chi connectivity index (χ4n) is 2.03. The van der Waals surface area contributed by atoms with E-state index in [-0.39, 0.29) is 11.9 Å². The van der Waals surface area contributed by atoms with E-state index < -0.39 is 0 Å². The Bertz CT molecular complexity index is 527. The van der Waals surface area contributed by atoms with Crippen LogP contribution in [0.3, 0.4) is 0 Å². The minimum Gasteiger partial charge on any atom is -0.309 e. The monoisotopic (exact) mass is 279 g/mol. The summed E-state index contributed by atoms with van der Waals surface area (Å²) < 4.78 is 17.2. The molecule has 0 aliphatic heterocycles. The van der Waals surface area contributed by atoms with Crippen molar-refractivity contribution in [3.8, 4) is 0 Å². The van der Waals surface area contributed by atoms with E-state index >= 15 is 0 Å². The van der Waals surface area contributed by atoms with Crippen molar-refractivity contribution in [2.45, 2.75) is 32.7 Å². The summed E-state index contributed by atoms with van der Waals surface area (Å²) in [6, 6.07) is 6.91. The van der Waals surface area contributed by atoms with Crippen molar-refractivity contribution < 1.29 is 4.39 Å². The van der Waals surface area contributed by atoms with Crippen LogP contribution in [-0.4, -0.2) is 16.1 Å². The summed E-state index contributed by atoms with van der Waals surface area (Å²) >= 11 is 1.41. The van der Waals surface area contributed by atoms with Crippen LogP contribution < -0.4 is 5.32 Å². The molecule has 102 valence electrons. The number of hydrogen-bond acceptors (Lipinski definition) is 4. The van der Waals surface area contributed by atoms with Gasteiger partial charge >= 0.3 is 0 Å². The van der Waals surface area contributed by atoms with Gasteiger partial charge in [0.05, 0.1) is 10.6 Å². The van der Waals surface area contributed by atoms with Crippen LogP contribution in [0.5, 0.6) is 0 Å². The maximum Gasteiger partial charge on any atom is 0.123 e. The molecule has 1 aromatic heterocycles. The van der Waals surface area contributed by atoms with Gasteiger partial charge in [-0.05, 0) is 55.5 Å². The van der Waals surface area contributed by atoms with E-state index in [1.165, 1.54) is 17.6 Å². The van der Waals surface area contributed by atoms with Gasteiger partial charge in [0.2, 0.25) is 0 Å². The lowest BCUT2D eigenvalue weighted by molar-refractivity contribution is 0.531. The van der Waals surface area contributed by atoms with E-state index in [0.717, 1.165) is 35.5 Å². The number of halogens is 1. The largest absolute Gasteiger partial charge is 0.309 e. The molecule has 3 nitrogen and oxygen atoms in total. The summed E-state index contributed by atoms with van der Waals surface area (Å²) in [7, 11) is 0. The van der Waals surface area contributed by atoms with Crippen LogP contribution in [-0.2, 0) is 6.42 Å². The topological polar surface area (TPSA) is 37.8 Å². The highest BCUT2D eigenvalue weighted by Gasteiger charge is 2.17. The molecule has 2 rings (SSSR count). The summed E-state index contributed by atoms with van der Waals surface area (Å²) in [5, 5.41) is 7.55. The number of nitrogens with zero attached hydrogens (tertiary/aromatic N) is 2. The lowest BCUT2D eigenvalue weighted by Gasteiger charge is -2.17. The van der Waals surface area contributed by atoms with Gasteiger partial charge < -0.3 is 5.32 Å². The van der Waals surface area contributed by atoms with Gasteiger partial charge in [0, 0.05) is 6.04 Å². The third kappa shape index (κ3) is 3.81. The summed E-state index contributed by atoms with van der Waals surface area (Å²) in [5.74, 6) is -0.189. The quantitative estimate of drug-likeness (QED) is 0.882. The van der Waals surface area contributed by atoms with Crippen LogP contribution in [0.1, 0.15) is 35.5 Å². The first-order valence-electron chi connectivity index (χ1n) is 6.47. The molecule has 0 amide bonds. The number of aromatic nitrogens is 2. The second kappa shape index (κ2) is 6.73. The van der Waals surface area contributed by atoms with Gasteiger partial charge in [-0.25, -0.2) is 4.39 Å². The van der Waals surface area contributed by atoms with Gasteiger partial charge in [0.25, 0.3) is 0 Å². The highest BCUT2D eigenvalue weighted by molar-refractivity contribution is 7.05. The van der Waals surface area contributed by atoms with Gasteiger partial charge in [-0.15, -0.1) is 5.10 Å². The van der Waals surface area contributed by atoms with Crippen LogP contribution in [0, 0.1) is 12.7 Å². The van der Waals surface area contributed by atoms with Gasteiger partial charge in [0.15, 0.2) is 0 Å². The molecule has 5 heteroatoms. The third-order valence-corrected chi connectivity index (χ3v) is 3.91. The Labute approximate surface area is 117 Å². The normalized spacial score (nSPS) is 12.6. The molecule has 1 unspecified atom stereocenters. The molecule has 0 aliphatic carbocycles. The zero-order chi connectivity index (χ0) is 13.7. The molecule has 19 heavy (non-hydrogen) atoms. The van der Waals surface area contributed by atoms with E-state index in [4.69, 9.17) is 0 Å². The van der Waals surface area contributed by atoms with Crippen molar-refractivity contribution in [2.75, 3.05) is 6.54 Å². The van der Waals surface area contributed by atoms with E-state index in [9.17, 15) is 4.39 Å². The Balaban J connectivity index is 2.16. The van der Waals surface area contributed by atoms with Gasteiger partial charge in [0.1, 0.15) is 5.82 Å². The molecular weight excluding hydrogens is 261 g/mol. The molecular formula is C14H18FN3S. The summed E-state index contributed by atoms with van der Waals surface area (Å²) in [4.78, 5) is 1.14. The van der Waals surface area contributed by atoms with Crippen molar-refractivity contribution in [3.05, 3.63) is 46.2 Å². The maximum atomic E-state index is 13.2. The Hall–Kier alpha value is -1.33. The molecule has 1 aromatic carbocycles. The molecule has 0 spiro atoms. The standard InChI is InChI=1S/C14H18FN3S/c1-3-7-16-13(14-10(2)17-18-19-14)9-11-5-4-6-12(15)8-11/h4-6,8,13,16H,3,7,9H2,1-2H3. The lowest BCUT2D eigenvalue weighted by atomic mass is 10.0. The maximum absolute atomic E-state index is 13.2. The SMILES string of the molecule is CCCNC(Cc1cccc(F)c1)c1snnc1C. The van der Waals surface area contributed by atoms with Gasteiger partial charge in [-0.3, -0.25) is 0 Å². The Morgan fingerprint density at radius 3 is 2.89 bits per heavy atom. The van der Waals surface area contributed by atoms with E-state index in [1.54, 1.807) is 12.1 Å². The van der Waals surface area contributed by atoms with Crippen molar-refractivity contribution in [1.82, 2.24) is 14.9 Å². The number of nitrogens with one attached hydrogen (secondary N) is 1. The zero-order valence-corrected chi connectivity index (χ0v) is 12.0. The first-order chi connectivity index (χ1) is 9.20. The summed E-state index contributed by atoms with van der Waals surface area (Å²) in [6.07, 6.45) is 1.81. The third-order valence-electron chi connectivity index (χ3n) is 2.97. The van der Waals surface area contributed by atoms with Crippen molar-refractivity contribution in [1.29, 1.82) is 0 Å². The fourth-order valence-corrected chi connectivity index (χ4v) is 2.75. The minimum atomic E-state index is -0.189. The molecule has 0 radical (unpaired) electrons. The summed E-state index contributed by atoms with van der Waals surface area (Å²) in [6.45, 7) is 5.02. The van der Waals surface area contributed by atoms with Crippen molar-refractivity contribution in [2.24, 2.45) is 0 Å². The molecule has 1 N–H and O–H groups in total. The Morgan fingerprint density at radius 2 is 2.26 bits per heavy atom. The lowest BCUT2D eigenvalue weighted by Crippen LogP contribution is -2.24. The smallest absolute Gasteiger partial charge is 0.123 e. The highest BCUT2D eigenvalue weighted by Crippen LogP contribution is 2.24. The first-order valence-corrected chi connectivity index (χ1v) is 7.24. The highest BCUT2D eigenvalue weighted by atomic mass is 32.1. The van der Waals surface area contributed by atoms with Crippen LogP contribution in [0.25, 0.3) is 0 Å². The molecule has 1 heterocycles. The van der Waals surface area contributed by atoms with Gasteiger partial charge in [-0.2, -0.15) is 0 Å². The van der Waals surface area contributed by atoms with Crippen LogP contribution in [0.2, 0.25) is 0 Å². The molecule has 0 saturated carbocycles. The number of hydrogen-bond donors (Lipinski definition) is 1.